The maximum absolute atomic E-state index is 9.68. The fourth-order valence-corrected chi connectivity index (χ4v) is 4.15. The third-order valence-electron chi connectivity index (χ3n) is 5.62. The number of hydrogen-bond acceptors (Lipinski definition) is 5. The van der Waals surface area contributed by atoms with Gasteiger partial charge in [-0.25, -0.2) is 0 Å². The van der Waals surface area contributed by atoms with Gasteiger partial charge in [-0.1, -0.05) is 60.7 Å². The minimum Gasteiger partial charge on any atom is -0.496 e. The number of aryl methyl sites for hydroxylation is 1. The van der Waals surface area contributed by atoms with Gasteiger partial charge < -0.3 is 13.6 Å². The highest BCUT2D eigenvalue weighted by atomic mass is 16.5. The van der Waals surface area contributed by atoms with E-state index in [0.29, 0.717) is 28.2 Å². The SMILES string of the molecule is COc1cc2c(-c3ccccc3)c(-c3ccccc3)oc2cc1-c1cc(C)oc(=N)c1C#N. The quantitative estimate of drug-likeness (QED) is 0.343. The molecule has 0 saturated heterocycles. The molecule has 0 unspecified atom stereocenters. The van der Waals surface area contributed by atoms with Crippen molar-refractivity contribution in [2.24, 2.45) is 0 Å². The number of nitriles is 1. The summed E-state index contributed by atoms with van der Waals surface area (Å²) >= 11 is 0. The summed E-state index contributed by atoms with van der Waals surface area (Å²) in [7, 11) is 1.60. The molecule has 5 aromatic rings. The summed E-state index contributed by atoms with van der Waals surface area (Å²) in [6.07, 6.45) is 0. The summed E-state index contributed by atoms with van der Waals surface area (Å²) in [6.45, 7) is 1.75. The van der Waals surface area contributed by atoms with E-state index in [0.717, 1.165) is 27.8 Å². The third kappa shape index (κ3) is 3.48. The van der Waals surface area contributed by atoms with Gasteiger partial charge in [0.25, 0.3) is 0 Å². The molecule has 0 fully saturated rings. The molecule has 0 aliphatic carbocycles. The number of fused-ring (bicyclic) bond motifs is 1. The molecule has 3 aromatic carbocycles. The monoisotopic (exact) mass is 432 g/mol. The van der Waals surface area contributed by atoms with Crippen LogP contribution in [0.15, 0.2) is 87.7 Å². The molecule has 0 amide bonds. The highest BCUT2D eigenvalue weighted by Gasteiger charge is 2.22. The first-order valence-electron chi connectivity index (χ1n) is 10.5. The van der Waals surface area contributed by atoms with Crippen LogP contribution in [0.1, 0.15) is 11.3 Å². The fourth-order valence-electron chi connectivity index (χ4n) is 4.15. The van der Waals surface area contributed by atoms with E-state index in [9.17, 15) is 5.26 Å². The lowest BCUT2D eigenvalue weighted by Gasteiger charge is -2.11. The number of nitrogens with one attached hydrogen (secondary N) is 1. The number of rotatable bonds is 4. The topological polar surface area (TPSA) is 83.2 Å². The van der Waals surface area contributed by atoms with Crippen LogP contribution in [0.3, 0.4) is 0 Å². The van der Waals surface area contributed by atoms with Crippen molar-refractivity contribution in [2.75, 3.05) is 7.11 Å². The van der Waals surface area contributed by atoms with E-state index in [1.54, 1.807) is 20.1 Å². The van der Waals surface area contributed by atoms with Crippen molar-refractivity contribution < 1.29 is 13.6 Å². The van der Waals surface area contributed by atoms with Crippen molar-refractivity contribution in [1.29, 1.82) is 10.7 Å². The molecule has 5 heteroatoms. The van der Waals surface area contributed by atoms with Gasteiger partial charge in [-0.2, -0.15) is 5.26 Å². The van der Waals surface area contributed by atoms with Crippen LogP contribution in [-0.2, 0) is 0 Å². The van der Waals surface area contributed by atoms with Crippen molar-refractivity contribution in [3.8, 4) is 45.4 Å². The van der Waals surface area contributed by atoms with Crippen LogP contribution in [0.25, 0.3) is 44.5 Å². The number of methoxy groups -OCH3 is 1. The van der Waals surface area contributed by atoms with Gasteiger partial charge >= 0.3 is 0 Å². The Morgan fingerprint density at radius 2 is 1.52 bits per heavy atom. The van der Waals surface area contributed by atoms with Crippen molar-refractivity contribution in [1.82, 2.24) is 0 Å². The number of ether oxygens (including phenoxy) is 1. The smallest absolute Gasteiger partial charge is 0.230 e. The van der Waals surface area contributed by atoms with Gasteiger partial charge in [-0.3, -0.25) is 5.41 Å². The van der Waals surface area contributed by atoms with Crippen LogP contribution in [0, 0.1) is 23.7 Å². The molecule has 0 atom stereocenters. The Morgan fingerprint density at radius 1 is 0.848 bits per heavy atom. The highest BCUT2D eigenvalue weighted by molar-refractivity contribution is 6.04. The van der Waals surface area contributed by atoms with Crippen LogP contribution in [-0.4, -0.2) is 7.11 Å². The second kappa shape index (κ2) is 8.18. The van der Waals surface area contributed by atoms with Crippen LogP contribution < -0.4 is 10.3 Å². The predicted octanol–water partition coefficient (Wildman–Crippen LogP) is 6.69. The Hall–Kier alpha value is -4.56. The summed E-state index contributed by atoms with van der Waals surface area (Å²) in [4.78, 5) is 0. The van der Waals surface area contributed by atoms with Gasteiger partial charge in [0.15, 0.2) is 0 Å². The molecule has 33 heavy (non-hydrogen) atoms. The normalized spacial score (nSPS) is 10.8. The zero-order valence-electron chi connectivity index (χ0n) is 18.2. The van der Waals surface area contributed by atoms with Gasteiger partial charge in [-0.05, 0) is 30.7 Å². The van der Waals surface area contributed by atoms with E-state index < -0.39 is 0 Å². The maximum Gasteiger partial charge on any atom is 0.230 e. The summed E-state index contributed by atoms with van der Waals surface area (Å²) in [5.74, 6) is 1.88. The minimum absolute atomic E-state index is 0.149. The van der Waals surface area contributed by atoms with Crippen LogP contribution >= 0.6 is 0 Å². The van der Waals surface area contributed by atoms with E-state index in [1.807, 2.05) is 60.7 Å². The van der Waals surface area contributed by atoms with E-state index in [4.69, 9.17) is 19.0 Å². The lowest BCUT2D eigenvalue weighted by atomic mass is 9.95. The van der Waals surface area contributed by atoms with E-state index in [2.05, 4.69) is 18.2 Å². The first-order chi connectivity index (χ1) is 16.1. The van der Waals surface area contributed by atoms with Gasteiger partial charge in [0.2, 0.25) is 5.55 Å². The molecule has 0 aliphatic rings. The zero-order chi connectivity index (χ0) is 22.9. The Labute approximate surface area is 190 Å². The standard InChI is InChI=1S/C28H20N2O3/c1-17-13-20(23(16-29)28(30)32-17)21-14-25-22(15-24(21)31-2)26(18-9-5-3-6-10-18)27(33-25)19-11-7-4-8-12-19/h3-15,30H,1-2H3. The Kier molecular flexibility index (Phi) is 5.04. The number of nitrogens with zero attached hydrogens (tertiary/aromatic N) is 1. The average molecular weight is 432 g/mol. The molecule has 0 bridgehead atoms. The van der Waals surface area contributed by atoms with Gasteiger partial charge in [-0.15, -0.1) is 0 Å². The average Bonchev–Trinajstić information content (AvgIpc) is 3.22. The van der Waals surface area contributed by atoms with Crippen molar-refractivity contribution in [2.45, 2.75) is 6.92 Å². The lowest BCUT2D eigenvalue weighted by Crippen LogP contribution is -2.07. The summed E-state index contributed by atoms with van der Waals surface area (Å²) in [5, 5.41) is 18.7. The molecule has 2 aromatic heterocycles. The van der Waals surface area contributed by atoms with Crippen LogP contribution in [0.5, 0.6) is 5.75 Å². The van der Waals surface area contributed by atoms with Gasteiger partial charge in [0.05, 0.1) is 7.11 Å². The second-order valence-electron chi connectivity index (χ2n) is 7.67. The molecule has 5 rings (SSSR count). The molecule has 0 aliphatic heterocycles. The highest BCUT2D eigenvalue weighted by Crippen LogP contribution is 2.45. The Balaban J connectivity index is 1.86. The summed E-state index contributed by atoms with van der Waals surface area (Å²) in [6, 6.07) is 27.7. The molecule has 2 heterocycles. The van der Waals surface area contributed by atoms with Gasteiger partial charge in [0, 0.05) is 27.6 Å². The van der Waals surface area contributed by atoms with E-state index in [1.165, 1.54) is 0 Å². The first kappa shape index (κ1) is 20.3. The van der Waals surface area contributed by atoms with Crippen LogP contribution in [0.2, 0.25) is 0 Å². The largest absolute Gasteiger partial charge is 0.496 e. The zero-order valence-corrected chi connectivity index (χ0v) is 18.2. The molecular weight excluding hydrogens is 412 g/mol. The minimum atomic E-state index is -0.177. The number of benzene rings is 3. The summed E-state index contributed by atoms with van der Waals surface area (Å²) in [5.41, 5.74) is 4.85. The van der Waals surface area contributed by atoms with Gasteiger partial charge in [0.1, 0.15) is 34.5 Å². The molecule has 0 radical (unpaired) electrons. The molecule has 1 N–H and O–H groups in total. The Bertz CT molecular complexity index is 1570. The van der Waals surface area contributed by atoms with Crippen molar-refractivity contribution in [3.05, 3.63) is 95.7 Å². The molecule has 5 nitrogen and oxygen atoms in total. The molecule has 160 valence electrons. The predicted molar refractivity (Wildman–Crippen MR) is 127 cm³/mol. The molecule has 0 spiro atoms. The third-order valence-corrected chi connectivity index (χ3v) is 5.62. The second-order valence-corrected chi connectivity index (χ2v) is 7.67. The molecular formula is C28H20N2O3. The molecule has 0 saturated carbocycles. The van der Waals surface area contributed by atoms with E-state index >= 15 is 0 Å². The van der Waals surface area contributed by atoms with Crippen molar-refractivity contribution >= 4 is 11.0 Å². The number of furan rings is 1. The lowest BCUT2D eigenvalue weighted by molar-refractivity contribution is 0.416. The van der Waals surface area contributed by atoms with Crippen molar-refractivity contribution in [3.63, 3.8) is 0 Å². The fraction of sp³-hybridized carbons (Fsp3) is 0.0714. The summed E-state index contributed by atoms with van der Waals surface area (Å²) < 4.78 is 17.5. The van der Waals surface area contributed by atoms with Crippen LogP contribution in [0.4, 0.5) is 0 Å². The Morgan fingerprint density at radius 3 is 2.15 bits per heavy atom. The maximum atomic E-state index is 9.68. The first-order valence-corrected chi connectivity index (χ1v) is 10.5. The number of hydrogen-bond donors (Lipinski definition) is 1. The van der Waals surface area contributed by atoms with E-state index in [-0.39, 0.29) is 11.1 Å².